The topological polar surface area (TPSA) is 59.2 Å². The molecule has 5 nitrogen and oxygen atoms in total. The second-order valence-electron chi connectivity index (χ2n) is 6.27. The van der Waals surface area contributed by atoms with E-state index in [1.807, 2.05) is 58.8 Å². The first-order valence-corrected chi connectivity index (χ1v) is 9.57. The van der Waals surface area contributed by atoms with E-state index >= 15 is 0 Å². The largest absolute Gasteiger partial charge is 0.339 e. The van der Waals surface area contributed by atoms with Crippen LogP contribution in [0.1, 0.15) is 29.5 Å². The average Bonchev–Trinajstić information content (AvgIpc) is 3.39. The molecule has 1 aromatic carbocycles. The number of carbonyl (C=O) groups is 1. The third-order valence-corrected chi connectivity index (χ3v) is 5.40. The van der Waals surface area contributed by atoms with E-state index in [1.54, 1.807) is 17.4 Å². The molecule has 1 aliphatic heterocycles. The predicted molar refractivity (Wildman–Crippen MR) is 102 cm³/mol. The summed E-state index contributed by atoms with van der Waals surface area (Å²) in [5.41, 5.74) is 0.953. The van der Waals surface area contributed by atoms with Crippen molar-refractivity contribution in [1.29, 1.82) is 0 Å². The Kier molecular flexibility index (Phi) is 4.93. The lowest BCUT2D eigenvalue weighted by Gasteiger charge is -2.29. The molecule has 132 valence electrons. The summed E-state index contributed by atoms with van der Waals surface area (Å²) in [6.45, 7) is 1.42. The summed E-state index contributed by atoms with van der Waals surface area (Å²) in [5, 5.41) is 6.10. The van der Waals surface area contributed by atoms with Crippen molar-refractivity contribution in [2.24, 2.45) is 0 Å². The molecule has 1 fully saturated rings. The van der Waals surface area contributed by atoms with E-state index in [4.69, 9.17) is 4.52 Å². The van der Waals surface area contributed by atoms with E-state index in [1.165, 1.54) is 0 Å². The fourth-order valence-electron chi connectivity index (χ4n) is 3.10. The molecule has 1 amide bonds. The summed E-state index contributed by atoms with van der Waals surface area (Å²) in [5.74, 6) is 1.57. The lowest BCUT2D eigenvalue weighted by molar-refractivity contribution is -0.127. The van der Waals surface area contributed by atoms with Gasteiger partial charge in [0.15, 0.2) is 0 Å². The SMILES string of the molecule is O=C(/C=C/c1cccs1)N1CCC(c2nc(-c3ccccc3)no2)CC1. The Balaban J connectivity index is 1.35. The van der Waals surface area contributed by atoms with Gasteiger partial charge in [-0.1, -0.05) is 41.6 Å². The molecule has 0 atom stereocenters. The van der Waals surface area contributed by atoms with Gasteiger partial charge in [0, 0.05) is 35.5 Å². The lowest BCUT2D eigenvalue weighted by atomic mass is 9.96. The number of hydrogen-bond acceptors (Lipinski definition) is 5. The van der Waals surface area contributed by atoms with E-state index in [9.17, 15) is 4.79 Å². The fraction of sp³-hybridized carbons (Fsp3) is 0.250. The molecular weight excluding hydrogens is 346 g/mol. The van der Waals surface area contributed by atoms with Gasteiger partial charge in [0.2, 0.25) is 17.6 Å². The summed E-state index contributed by atoms with van der Waals surface area (Å²) in [7, 11) is 0. The first-order chi connectivity index (χ1) is 12.8. The molecule has 0 unspecified atom stereocenters. The smallest absolute Gasteiger partial charge is 0.246 e. The standard InChI is InChI=1S/C20H19N3O2S/c24-18(9-8-17-7-4-14-26-17)23-12-10-16(11-13-23)20-21-19(22-25-20)15-5-2-1-3-6-15/h1-9,14,16H,10-13H2/b9-8+. The molecule has 1 aliphatic rings. The number of rotatable bonds is 4. The van der Waals surface area contributed by atoms with Crippen molar-refractivity contribution in [2.45, 2.75) is 18.8 Å². The number of amides is 1. The molecule has 3 heterocycles. The molecular formula is C20H19N3O2S. The highest BCUT2D eigenvalue weighted by atomic mass is 32.1. The fourth-order valence-corrected chi connectivity index (χ4v) is 3.72. The van der Waals surface area contributed by atoms with Crippen molar-refractivity contribution in [3.63, 3.8) is 0 Å². The van der Waals surface area contributed by atoms with Gasteiger partial charge in [0.05, 0.1) is 0 Å². The zero-order chi connectivity index (χ0) is 17.8. The number of piperidine rings is 1. The maximum atomic E-state index is 12.3. The van der Waals surface area contributed by atoms with Gasteiger partial charge in [0.1, 0.15) is 0 Å². The van der Waals surface area contributed by atoms with Crippen LogP contribution >= 0.6 is 11.3 Å². The zero-order valence-electron chi connectivity index (χ0n) is 14.2. The van der Waals surface area contributed by atoms with E-state index in [2.05, 4.69) is 10.1 Å². The Bertz CT molecular complexity index is 879. The highest BCUT2D eigenvalue weighted by molar-refractivity contribution is 7.10. The Morgan fingerprint density at radius 1 is 1.15 bits per heavy atom. The molecule has 0 N–H and O–H groups in total. The first kappa shape index (κ1) is 16.7. The molecule has 6 heteroatoms. The summed E-state index contributed by atoms with van der Waals surface area (Å²) < 4.78 is 5.47. The Labute approximate surface area is 156 Å². The molecule has 0 aliphatic carbocycles. The summed E-state index contributed by atoms with van der Waals surface area (Å²) >= 11 is 1.62. The number of hydrogen-bond donors (Lipinski definition) is 0. The van der Waals surface area contributed by atoms with Crippen LogP contribution in [0.15, 0.2) is 58.4 Å². The predicted octanol–water partition coefficient (Wildman–Crippen LogP) is 4.22. The second kappa shape index (κ2) is 7.66. The molecule has 0 bridgehead atoms. The molecule has 4 rings (SSSR count). The number of benzene rings is 1. The van der Waals surface area contributed by atoms with Crippen LogP contribution in [0.2, 0.25) is 0 Å². The highest BCUT2D eigenvalue weighted by Gasteiger charge is 2.26. The van der Waals surface area contributed by atoms with Gasteiger partial charge in [-0.2, -0.15) is 4.98 Å². The second-order valence-corrected chi connectivity index (χ2v) is 7.25. The van der Waals surface area contributed by atoms with Crippen molar-refractivity contribution in [3.05, 3.63) is 64.7 Å². The van der Waals surface area contributed by atoms with Gasteiger partial charge in [-0.05, 0) is 30.4 Å². The van der Waals surface area contributed by atoms with Gasteiger partial charge in [-0.3, -0.25) is 4.79 Å². The molecule has 26 heavy (non-hydrogen) atoms. The van der Waals surface area contributed by atoms with Crippen LogP contribution in [-0.4, -0.2) is 34.0 Å². The normalized spacial score (nSPS) is 15.6. The van der Waals surface area contributed by atoms with E-state index in [0.29, 0.717) is 24.8 Å². The quantitative estimate of drug-likeness (QED) is 0.650. The maximum Gasteiger partial charge on any atom is 0.246 e. The van der Waals surface area contributed by atoms with Crippen molar-refractivity contribution < 1.29 is 9.32 Å². The van der Waals surface area contributed by atoms with E-state index in [0.717, 1.165) is 23.3 Å². The van der Waals surface area contributed by atoms with Crippen molar-refractivity contribution in [3.8, 4) is 11.4 Å². The van der Waals surface area contributed by atoms with Gasteiger partial charge in [0.25, 0.3) is 0 Å². The number of carbonyl (C=O) groups excluding carboxylic acids is 1. The van der Waals surface area contributed by atoms with Crippen LogP contribution in [0.4, 0.5) is 0 Å². The number of thiophene rings is 1. The Hall–Kier alpha value is -2.73. The third kappa shape index (κ3) is 3.75. The van der Waals surface area contributed by atoms with Crippen molar-refractivity contribution >= 4 is 23.3 Å². The number of nitrogens with zero attached hydrogens (tertiary/aromatic N) is 3. The molecule has 0 saturated carbocycles. The van der Waals surface area contributed by atoms with E-state index in [-0.39, 0.29) is 11.8 Å². The zero-order valence-corrected chi connectivity index (χ0v) is 15.1. The summed E-state index contributed by atoms with van der Waals surface area (Å²) in [4.78, 5) is 19.8. The van der Waals surface area contributed by atoms with Crippen LogP contribution in [0, 0.1) is 0 Å². The van der Waals surface area contributed by atoms with E-state index < -0.39 is 0 Å². The first-order valence-electron chi connectivity index (χ1n) is 8.69. The molecule has 0 spiro atoms. The third-order valence-electron chi connectivity index (χ3n) is 4.56. The molecule has 1 saturated heterocycles. The van der Waals surface area contributed by atoms with Crippen LogP contribution in [0.5, 0.6) is 0 Å². The Morgan fingerprint density at radius 2 is 1.96 bits per heavy atom. The lowest BCUT2D eigenvalue weighted by Crippen LogP contribution is -2.36. The summed E-state index contributed by atoms with van der Waals surface area (Å²) in [6.07, 6.45) is 5.22. The van der Waals surface area contributed by atoms with Gasteiger partial charge in [-0.25, -0.2) is 0 Å². The highest BCUT2D eigenvalue weighted by Crippen LogP contribution is 2.28. The minimum atomic E-state index is 0.0624. The number of likely N-dealkylation sites (tertiary alicyclic amines) is 1. The van der Waals surface area contributed by atoms with Gasteiger partial charge in [-0.15, -0.1) is 11.3 Å². The Morgan fingerprint density at radius 3 is 2.69 bits per heavy atom. The molecule has 0 radical (unpaired) electrons. The minimum Gasteiger partial charge on any atom is -0.339 e. The monoisotopic (exact) mass is 365 g/mol. The number of aromatic nitrogens is 2. The molecule has 3 aromatic rings. The minimum absolute atomic E-state index is 0.0624. The van der Waals surface area contributed by atoms with Crippen LogP contribution in [0.3, 0.4) is 0 Å². The molecule has 2 aromatic heterocycles. The average molecular weight is 365 g/mol. The van der Waals surface area contributed by atoms with Crippen LogP contribution in [-0.2, 0) is 4.79 Å². The van der Waals surface area contributed by atoms with Gasteiger partial charge < -0.3 is 9.42 Å². The van der Waals surface area contributed by atoms with Crippen molar-refractivity contribution in [2.75, 3.05) is 13.1 Å². The maximum absolute atomic E-state index is 12.3. The van der Waals surface area contributed by atoms with Gasteiger partial charge >= 0.3 is 0 Å². The van der Waals surface area contributed by atoms with Crippen LogP contribution < -0.4 is 0 Å². The van der Waals surface area contributed by atoms with Crippen molar-refractivity contribution in [1.82, 2.24) is 15.0 Å². The van der Waals surface area contributed by atoms with Crippen LogP contribution in [0.25, 0.3) is 17.5 Å². The summed E-state index contributed by atoms with van der Waals surface area (Å²) in [6, 6.07) is 13.8.